The molecule has 5 rings (SSSR count). The molecule has 1 saturated heterocycles. The van der Waals surface area contributed by atoms with Gasteiger partial charge in [0, 0.05) is 67.5 Å². The van der Waals surface area contributed by atoms with Gasteiger partial charge in [-0.1, -0.05) is 12.1 Å². The molecular weight excluding hydrogens is 454 g/mol. The Labute approximate surface area is 210 Å². The van der Waals surface area contributed by atoms with Crippen LogP contribution in [-0.4, -0.2) is 79.8 Å². The highest BCUT2D eigenvalue weighted by atomic mass is 16.3. The number of aromatic nitrogens is 4. The van der Waals surface area contributed by atoms with E-state index in [9.17, 15) is 9.90 Å². The van der Waals surface area contributed by atoms with Crippen LogP contribution in [0, 0.1) is 0 Å². The minimum absolute atomic E-state index is 0.0450. The Morgan fingerprint density at radius 1 is 0.972 bits per heavy atom. The maximum Gasteiger partial charge on any atom is 0.221 e. The molecule has 9 heteroatoms. The number of aryl methyl sites for hydroxylation is 1. The first-order chi connectivity index (χ1) is 17.5. The van der Waals surface area contributed by atoms with Crippen LogP contribution in [0.2, 0.25) is 0 Å². The molecular formula is C27H33N7O2. The Hall–Kier alpha value is -3.69. The highest BCUT2D eigenvalue weighted by Gasteiger charge is 2.17. The second kappa shape index (κ2) is 10.9. The van der Waals surface area contributed by atoms with E-state index in [-0.39, 0.29) is 11.8 Å². The molecule has 3 N–H and O–H groups in total. The van der Waals surface area contributed by atoms with Crippen molar-refractivity contribution in [1.82, 2.24) is 29.5 Å². The molecule has 4 aromatic rings. The molecule has 2 aromatic heterocycles. The number of amides is 1. The van der Waals surface area contributed by atoms with Crippen molar-refractivity contribution in [3.8, 4) is 11.6 Å². The Morgan fingerprint density at radius 2 is 1.67 bits per heavy atom. The zero-order valence-corrected chi connectivity index (χ0v) is 20.7. The van der Waals surface area contributed by atoms with Crippen molar-refractivity contribution in [3.63, 3.8) is 0 Å². The van der Waals surface area contributed by atoms with E-state index < -0.39 is 0 Å². The van der Waals surface area contributed by atoms with Crippen molar-refractivity contribution in [3.05, 3.63) is 66.2 Å². The molecule has 36 heavy (non-hydrogen) atoms. The van der Waals surface area contributed by atoms with E-state index in [0.717, 1.165) is 86.4 Å². The molecule has 1 fully saturated rings. The largest absolute Gasteiger partial charge is 0.494 e. The number of piperazine rings is 1. The number of nitrogens with one attached hydrogen (secondary N) is 2. The first-order valence-electron chi connectivity index (χ1n) is 12.5. The van der Waals surface area contributed by atoms with Crippen molar-refractivity contribution >= 4 is 22.5 Å². The Kier molecular flexibility index (Phi) is 7.29. The van der Waals surface area contributed by atoms with E-state index >= 15 is 0 Å². The van der Waals surface area contributed by atoms with Gasteiger partial charge in [0.25, 0.3) is 0 Å². The van der Waals surface area contributed by atoms with Crippen LogP contribution in [0.3, 0.4) is 0 Å². The van der Waals surface area contributed by atoms with Gasteiger partial charge in [-0.25, -0.2) is 0 Å². The van der Waals surface area contributed by atoms with Crippen molar-refractivity contribution in [2.24, 2.45) is 0 Å². The van der Waals surface area contributed by atoms with Gasteiger partial charge in [0.1, 0.15) is 12.7 Å². The molecule has 0 bridgehead atoms. The van der Waals surface area contributed by atoms with Crippen molar-refractivity contribution in [1.29, 1.82) is 0 Å². The number of hydrogen-bond donors (Lipinski definition) is 3. The van der Waals surface area contributed by atoms with Gasteiger partial charge >= 0.3 is 0 Å². The number of aromatic hydroxyl groups is 1. The van der Waals surface area contributed by atoms with Gasteiger partial charge in [0.05, 0.1) is 0 Å². The van der Waals surface area contributed by atoms with E-state index in [4.69, 9.17) is 0 Å². The number of carbonyl (C=O) groups is 1. The molecule has 1 aliphatic rings. The summed E-state index contributed by atoms with van der Waals surface area (Å²) in [4.78, 5) is 19.3. The van der Waals surface area contributed by atoms with Crippen LogP contribution in [0.25, 0.3) is 16.6 Å². The third-order valence-corrected chi connectivity index (χ3v) is 6.94. The molecule has 9 nitrogen and oxygen atoms in total. The molecule has 0 unspecified atom stereocenters. The predicted molar refractivity (Wildman–Crippen MR) is 141 cm³/mol. The average Bonchev–Trinajstić information content (AvgIpc) is 3.52. The third kappa shape index (κ3) is 5.75. The average molecular weight is 488 g/mol. The normalized spacial score (nSPS) is 14.9. The number of aromatic amines is 1. The lowest BCUT2D eigenvalue weighted by Crippen LogP contribution is -2.47. The fraction of sp³-hybridized carbons (Fsp3) is 0.370. The number of rotatable bonds is 9. The Bertz CT molecular complexity index is 1290. The predicted octanol–water partition coefficient (Wildman–Crippen LogP) is 3.21. The minimum Gasteiger partial charge on any atom is -0.494 e. The maximum absolute atomic E-state index is 11.2. The number of carbonyl (C=O) groups excluding carboxylic acids is 1. The summed E-state index contributed by atoms with van der Waals surface area (Å²) in [6.07, 6.45) is 6.19. The van der Waals surface area contributed by atoms with Crippen LogP contribution in [0.15, 0.2) is 55.1 Å². The van der Waals surface area contributed by atoms with E-state index in [1.807, 2.05) is 28.8 Å². The van der Waals surface area contributed by atoms with Gasteiger partial charge < -0.3 is 25.2 Å². The van der Waals surface area contributed by atoms with E-state index in [0.29, 0.717) is 0 Å². The summed E-state index contributed by atoms with van der Waals surface area (Å²) in [5, 5.41) is 22.1. The standard InChI is InChI=1S/C27H33N7O2/c1-20(35)30-22-6-4-21(5-7-22)10-12-33-15-13-32(14-16-33)11-2-3-24-25-17-23(34-18-28-29-19-34)8-9-26(25)31-27(24)36/h4-9,17-19,31,36H,2-3,10-16H2,1H3,(H,30,35). The Morgan fingerprint density at radius 3 is 2.36 bits per heavy atom. The van der Waals surface area contributed by atoms with Crippen LogP contribution in [0.1, 0.15) is 24.5 Å². The molecule has 2 aromatic carbocycles. The first-order valence-corrected chi connectivity index (χ1v) is 12.5. The highest BCUT2D eigenvalue weighted by Crippen LogP contribution is 2.30. The summed E-state index contributed by atoms with van der Waals surface area (Å²) in [7, 11) is 0. The topological polar surface area (TPSA) is 102 Å². The zero-order chi connectivity index (χ0) is 24.9. The number of nitrogens with zero attached hydrogens (tertiary/aromatic N) is 5. The summed E-state index contributed by atoms with van der Waals surface area (Å²) in [5.41, 5.74) is 5.03. The number of fused-ring (bicyclic) bond motifs is 1. The summed E-state index contributed by atoms with van der Waals surface area (Å²) in [6.45, 7) is 7.88. The van der Waals surface area contributed by atoms with E-state index in [1.165, 1.54) is 12.5 Å². The monoisotopic (exact) mass is 487 g/mol. The lowest BCUT2D eigenvalue weighted by atomic mass is 10.1. The number of hydrogen-bond acceptors (Lipinski definition) is 6. The number of benzene rings is 2. The smallest absolute Gasteiger partial charge is 0.221 e. The van der Waals surface area contributed by atoms with Crippen molar-refractivity contribution in [2.75, 3.05) is 44.6 Å². The fourth-order valence-electron chi connectivity index (χ4n) is 4.93. The second-order valence-electron chi connectivity index (χ2n) is 9.47. The first kappa shape index (κ1) is 24.0. The minimum atomic E-state index is -0.0450. The van der Waals surface area contributed by atoms with Gasteiger partial charge in [0.2, 0.25) is 5.91 Å². The molecule has 1 amide bonds. The van der Waals surface area contributed by atoms with Crippen molar-refractivity contribution < 1.29 is 9.90 Å². The highest BCUT2D eigenvalue weighted by molar-refractivity contribution is 5.88. The van der Waals surface area contributed by atoms with Gasteiger partial charge in [0.15, 0.2) is 5.88 Å². The molecule has 188 valence electrons. The van der Waals surface area contributed by atoms with Crippen LogP contribution >= 0.6 is 0 Å². The van der Waals surface area contributed by atoms with Gasteiger partial charge in [-0.2, -0.15) is 0 Å². The summed E-state index contributed by atoms with van der Waals surface area (Å²) >= 11 is 0. The summed E-state index contributed by atoms with van der Waals surface area (Å²) in [5.74, 6) is 0.220. The molecule has 3 heterocycles. The summed E-state index contributed by atoms with van der Waals surface area (Å²) < 4.78 is 1.87. The van der Waals surface area contributed by atoms with E-state index in [1.54, 1.807) is 12.7 Å². The lowest BCUT2D eigenvalue weighted by Gasteiger charge is -2.34. The van der Waals surface area contributed by atoms with Crippen LogP contribution in [0.5, 0.6) is 5.88 Å². The van der Waals surface area contributed by atoms with Gasteiger partial charge in [-0.15, -0.1) is 10.2 Å². The van der Waals surface area contributed by atoms with E-state index in [2.05, 4.69) is 48.5 Å². The zero-order valence-electron chi connectivity index (χ0n) is 20.7. The van der Waals surface area contributed by atoms with Crippen LogP contribution in [-0.2, 0) is 17.6 Å². The summed E-state index contributed by atoms with van der Waals surface area (Å²) in [6, 6.07) is 14.2. The second-order valence-corrected chi connectivity index (χ2v) is 9.47. The maximum atomic E-state index is 11.2. The molecule has 0 spiro atoms. The molecule has 0 saturated carbocycles. The molecule has 1 aliphatic heterocycles. The number of anilines is 1. The molecule has 0 radical (unpaired) electrons. The van der Waals surface area contributed by atoms with Gasteiger partial charge in [-0.05, 0) is 61.7 Å². The molecule has 0 aliphatic carbocycles. The van der Waals surface area contributed by atoms with Gasteiger partial charge in [-0.3, -0.25) is 9.36 Å². The quantitative estimate of drug-likeness (QED) is 0.335. The van der Waals surface area contributed by atoms with Crippen molar-refractivity contribution in [2.45, 2.75) is 26.2 Å². The van der Waals surface area contributed by atoms with Crippen LogP contribution in [0.4, 0.5) is 5.69 Å². The lowest BCUT2D eigenvalue weighted by molar-refractivity contribution is -0.114. The number of H-pyrrole nitrogens is 1. The third-order valence-electron chi connectivity index (χ3n) is 6.94. The SMILES string of the molecule is CC(=O)Nc1ccc(CCN2CCN(CCCc3c(O)[nH]c4ccc(-n5cnnc5)cc34)CC2)cc1. The Balaban J connectivity index is 1.08. The van der Waals surface area contributed by atoms with Crippen LogP contribution < -0.4 is 5.32 Å². The fourth-order valence-corrected chi connectivity index (χ4v) is 4.93. The molecule has 0 atom stereocenters.